The molecule has 2 aliphatic rings. The number of rotatable bonds is 1. The van der Waals surface area contributed by atoms with Crippen LogP contribution in [0.3, 0.4) is 0 Å². The number of nitrogens with zero attached hydrogens (tertiary/aromatic N) is 2. The maximum absolute atomic E-state index is 11.0. The van der Waals surface area contributed by atoms with Gasteiger partial charge in [0.15, 0.2) is 0 Å². The van der Waals surface area contributed by atoms with Crippen LogP contribution in [0.5, 0.6) is 0 Å². The fraction of sp³-hybridized carbons (Fsp3) is 0.667. The van der Waals surface area contributed by atoms with Crippen LogP contribution in [0.4, 0.5) is 0 Å². The minimum atomic E-state index is -0.329. The van der Waals surface area contributed by atoms with E-state index in [9.17, 15) is 5.11 Å². The monoisotopic (exact) mass is 288 g/mol. The van der Waals surface area contributed by atoms with Crippen molar-refractivity contribution in [1.29, 1.82) is 0 Å². The summed E-state index contributed by atoms with van der Waals surface area (Å²) in [4.78, 5) is 4.88. The highest BCUT2D eigenvalue weighted by molar-refractivity contribution is 5.39. The lowest BCUT2D eigenvalue weighted by Gasteiger charge is -2.39. The second-order valence-corrected chi connectivity index (χ2v) is 6.88. The molecule has 0 bridgehead atoms. The summed E-state index contributed by atoms with van der Waals surface area (Å²) in [6, 6.07) is 4.81. The molecular weight excluding hydrogens is 260 g/mol. The predicted molar refractivity (Wildman–Crippen MR) is 86.7 cm³/mol. The first-order valence-corrected chi connectivity index (χ1v) is 8.27. The molecule has 0 radical (unpaired) electrons. The number of benzene rings is 1. The summed E-state index contributed by atoms with van der Waals surface area (Å²) in [5.74, 6) is 0. The van der Waals surface area contributed by atoms with E-state index in [1.807, 2.05) is 0 Å². The summed E-state index contributed by atoms with van der Waals surface area (Å²) in [6.07, 6.45) is 3.07. The van der Waals surface area contributed by atoms with E-state index in [1.54, 1.807) is 0 Å². The highest BCUT2D eigenvalue weighted by Gasteiger charge is 2.32. The van der Waals surface area contributed by atoms with E-state index in [1.165, 1.54) is 28.7 Å². The second-order valence-electron chi connectivity index (χ2n) is 6.88. The number of likely N-dealkylation sites (N-methyl/N-ethyl adjacent to an activating group) is 1. The van der Waals surface area contributed by atoms with Crippen molar-refractivity contribution >= 4 is 0 Å². The van der Waals surface area contributed by atoms with E-state index >= 15 is 0 Å². The molecule has 0 spiro atoms. The van der Waals surface area contributed by atoms with Gasteiger partial charge in [-0.25, -0.2) is 0 Å². The lowest BCUT2D eigenvalue weighted by molar-refractivity contribution is 0.0198. The number of fused-ring (bicyclic) bond motifs is 1. The Morgan fingerprint density at radius 2 is 1.71 bits per heavy atom. The van der Waals surface area contributed by atoms with Crippen molar-refractivity contribution in [2.75, 3.05) is 33.2 Å². The van der Waals surface area contributed by atoms with Gasteiger partial charge in [-0.3, -0.25) is 4.90 Å². The first-order chi connectivity index (χ1) is 10.1. The van der Waals surface area contributed by atoms with Crippen LogP contribution in [-0.2, 0) is 6.42 Å². The molecule has 1 N–H and O–H groups in total. The first-order valence-electron chi connectivity index (χ1n) is 8.27. The van der Waals surface area contributed by atoms with Crippen LogP contribution in [0.2, 0.25) is 0 Å². The zero-order valence-corrected chi connectivity index (χ0v) is 13.6. The molecule has 3 nitrogen and oxygen atoms in total. The molecule has 1 aliphatic heterocycles. The van der Waals surface area contributed by atoms with Crippen LogP contribution in [0.1, 0.15) is 41.2 Å². The van der Waals surface area contributed by atoms with Gasteiger partial charge in [0.2, 0.25) is 0 Å². The van der Waals surface area contributed by atoms with Crippen molar-refractivity contribution in [2.45, 2.75) is 45.3 Å². The fourth-order valence-electron chi connectivity index (χ4n) is 3.79. The molecule has 1 fully saturated rings. The van der Waals surface area contributed by atoms with Gasteiger partial charge in [-0.2, -0.15) is 0 Å². The maximum atomic E-state index is 11.0. The quantitative estimate of drug-likeness (QED) is 0.803. The van der Waals surface area contributed by atoms with Gasteiger partial charge >= 0.3 is 0 Å². The van der Waals surface area contributed by atoms with Gasteiger partial charge < -0.3 is 10.0 Å². The Kier molecular flexibility index (Phi) is 4.34. The minimum Gasteiger partial charge on any atom is -0.387 e. The predicted octanol–water partition coefficient (Wildman–Crippen LogP) is 2.29. The van der Waals surface area contributed by atoms with Gasteiger partial charge in [-0.1, -0.05) is 12.1 Å². The van der Waals surface area contributed by atoms with Crippen LogP contribution in [0, 0.1) is 13.8 Å². The molecule has 0 amide bonds. The number of hydrogen-bond acceptors (Lipinski definition) is 3. The van der Waals surface area contributed by atoms with Gasteiger partial charge in [0.05, 0.1) is 6.10 Å². The molecule has 0 saturated carbocycles. The second kappa shape index (κ2) is 6.07. The van der Waals surface area contributed by atoms with Gasteiger partial charge in [0, 0.05) is 32.2 Å². The van der Waals surface area contributed by atoms with Gasteiger partial charge in [0.1, 0.15) is 0 Å². The van der Waals surface area contributed by atoms with E-state index in [-0.39, 0.29) is 6.10 Å². The molecule has 116 valence electrons. The third-order valence-electron chi connectivity index (χ3n) is 5.39. The van der Waals surface area contributed by atoms with Crippen LogP contribution in [-0.4, -0.2) is 54.2 Å². The largest absolute Gasteiger partial charge is 0.387 e. The zero-order valence-electron chi connectivity index (χ0n) is 13.6. The number of aliphatic hydroxyl groups is 1. The van der Waals surface area contributed by atoms with Gasteiger partial charge in [-0.15, -0.1) is 0 Å². The van der Waals surface area contributed by atoms with E-state index in [2.05, 4.69) is 42.8 Å². The molecule has 1 aliphatic carbocycles. The van der Waals surface area contributed by atoms with E-state index < -0.39 is 0 Å². The fourth-order valence-corrected chi connectivity index (χ4v) is 3.79. The Hall–Kier alpha value is -0.900. The Balaban J connectivity index is 1.85. The lowest BCUT2D eigenvalue weighted by atomic mass is 9.93. The summed E-state index contributed by atoms with van der Waals surface area (Å²) < 4.78 is 0. The van der Waals surface area contributed by atoms with Crippen molar-refractivity contribution in [3.8, 4) is 0 Å². The highest BCUT2D eigenvalue weighted by atomic mass is 16.3. The number of aliphatic hydroxyl groups excluding tert-OH is 1. The summed E-state index contributed by atoms with van der Waals surface area (Å²) in [5, 5.41) is 11.0. The minimum absolute atomic E-state index is 0.294. The van der Waals surface area contributed by atoms with Crippen LogP contribution in [0.15, 0.2) is 12.1 Å². The maximum Gasteiger partial charge on any atom is 0.0947 e. The zero-order chi connectivity index (χ0) is 15.0. The molecule has 21 heavy (non-hydrogen) atoms. The lowest BCUT2D eigenvalue weighted by Crippen LogP contribution is -2.50. The van der Waals surface area contributed by atoms with Crippen molar-refractivity contribution in [3.63, 3.8) is 0 Å². The standard InChI is InChI=1S/C18H28N2O/c1-13-11-15-5-4-6-17(18(21)16(15)12-14(13)2)20-9-7-19(3)8-10-20/h11-12,17-18,21H,4-10H2,1-3H3. The molecule has 3 rings (SSSR count). The molecule has 1 heterocycles. The summed E-state index contributed by atoms with van der Waals surface area (Å²) in [6.45, 7) is 8.71. The third kappa shape index (κ3) is 3.01. The highest BCUT2D eigenvalue weighted by Crippen LogP contribution is 2.33. The summed E-state index contributed by atoms with van der Waals surface area (Å²) >= 11 is 0. The molecule has 1 aromatic rings. The van der Waals surface area contributed by atoms with Crippen LogP contribution < -0.4 is 0 Å². The van der Waals surface area contributed by atoms with E-state index in [0.29, 0.717) is 6.04 Å². The Bertz CT molecular complexity index is 506. The molecule has 1 aromatic carbocycles. The Morgan fingerprint density at radius 3 is 2.43 bits per heavy atom. The molecule has 0 aromatic heterocycles. The summed E-state index contributed by atoms with van der Waals surface area (Å²) in [7, 11) is 2.18. The van der Waals surface area contributed by atoms with E-state index in [0.717, 1.165) is 39.0 Å². The van der Waals surface area contributed by atoms with Gasteiger partial charge in [-0.05, 0) is 62.4 Å². The van der Waals surface area contributed by atoms with Gasteiger partial charge in [0.25, 0.3) is 0 Å². The third-order valence-corrected chi connectivity index (χ3v) is 5.39. The normalized spacial score (nSPS) is 28.2. The van der Waals surface area contributed by atoms with Crippen molar-refractivity contribution in [1.82, 2.24) is 9.80 Å². The smallest absolute Gasteiger partial charge is 0.0947 e. The Morgan fingerprint density at radius 1 is 1.05 bits per heavy atom. The average molecular weight is 288 g/mol. The topological polar surface area (TPSA) is 26.7 Å². The average Bonchev–Trinajstić information content (AvgIpc) is 2.61. The first kappa shape index (κ1) is 15.0. The van der Waals surface area contributed by atoms with Crippen LogP contribution in [0.25, 0.3) is 0 Å². The van der Waals surface area contributed by atoms with E-state index in [4.69, 9.17) is 0 Å². The SMILES string of the molecule is Cc1cc2c(cc1C)C(O)C(N1CCN(C)CC1)CCC2. The molecule has 2 atom stereocenters. The Labute approximate surface area is 128 Å². The molecule has 1 saturated heterocycles. The van der Waals surface area contributed by atoms with Crippen molar-refractivity contribution in [3.05, 3.63) is 34.4 Å². The summed E-state index contributed by atoms with van der Waals surface area (Å²) in [5.41, 5.74) is 5.19. The molecular formula is C18H28N2O. The number of aryl methyl sites for hydroxylation is 3. The van der Waals surface area contributed by atoms with Crippen LogP contribution >= 0.6 is 0 Å². The molecule has 3 heteroatoms. The molecule has 2 unspecified atom stereocenters. The number of piperazine rings is 1. The number of hydrogen-bond donors (Lipinski definition) is 1. The van der Waals surface area contributed by atoms with Crippen molar-refractivity contribution in [2.24, 2.45) is 0 Å². The van der Waals surface area contributed by atoms with Crippen molar-refractivity contribution < 1.29 is 5.11 Å².